The highest BCUT2D eigenvalue weighted by Gasteiger charge is 2.34. The van der Waals surface area contributed by atoms with Gasteiger partial charge in [0.05, 0.1) is 15.5 Å². The van der Waals surface area contributed by atoms with Gasteiger partial charge in [0.1, 0.15) is 0 Å². The minimum atomic E-state index is -0.505. The summed E-state index contributed by atoms with van der Waals surface area (Å²) in [6.07, 6.45) is 1.54. The molecule has 0 aliphatic carbocycles. The molecule has 1 saturated heterocycles. The van der Waals surface area contributed by atoms with E-state index in [4.69, 9.17) is 23.8 Å². The zero-order valence-corrected chi connectivity index (χ0v) is 16.6. The van der Waals surface area contributed by atoms with Crippen molar-refractivity contribution in [3.8, 4) is 0 Å². The minimum Gasteiger partial charge on any atom is -0.268 e. The van der Waals surface area contributed by atoms with Crippen LogP contribution in [0.2, 0.25) is 5.02 Å². The molecule has 0 aromatic heterocycles. The number of nitrogens with zero attached hydrogens (tertiary/aromatic N) is 2. The number of hydrogen-bond acceptors (Lipinski definition) is 5. The predicted molar refractivity (Wildman–Crippen MR) is 118 cm³/mol. The molecule has 5 nitrogen and oxygen atoms in total. The molecule has 0 spiro atoms. The third-order valence-corrected chi connectivity index (χ3v) is 5.92. The van der Waals surface area contributed by atoms with Crippen molar-refractivity contribution in [2.75, 3.05) is 4.90 Å². The SMILES string of the molecule is O=C1/C(=C\c2cc([N+](=O)[O-])ccc2Cl)SC(=S)N1c1cccc2ccccc12. The van der Waals surface area contributed by atoms with E-state index in [1.165, 1.54) is 23.1 Å². The minimum absolute atomic E-state index is 0.0971. The van der Waals surface area contributed by atoms with E-state index >= 15 is 0 Å². The second-order valence-corrected chi connectivity index (χ2v) is 8.06. The Kier molecular flexibility index (Phi) is 4.89. The van der Waals surface area contributed by atoms with Crippen LogP contribution in [-0.2, 0) is 4.79 Å². The first kappa shape index (κ1) is 18.6. The zero-order chi connectivity index (χ0) is 19.8. The number of fused-ring (bicyclic) bond motifs is 1. The Morgan fingerprint density at radius 2 is 1.86 bits per heavy atom. The molecule has 1 fully saturated rings. The fourth-order valence-corrected chi connectivity index (χ4v) is 4.42. The van der Waals surface area contributed by atoms with Gasteiger partial charge in [-0.15, -0.1) is 0 Å². The van der Waals surface area contributed by atoms with E-state index in [9.17, 15) is 14.9 Å². The van der Waals surface area contributed by atoms with Crippen LogP contribution in [0.5, 0.6) is 0 Å². The van der Waals surface area contributed by atoms with Gasteiger partial charge in [0.25, 0.3) is 11.6 Å². The van der Waals surface area contributed by atoms with Gasteiger partial charge in [0.15, 0.2) is 4.32 Å². The van der Waals surface area contributed by atoms with E-state index < -0.39 is 4.92 Å². The van der Waals surface area contributed by atoms with Crippen molar-refractivity contribution in [3.63, 3.8) is 0 Å². The largest absolute Gasteiger partial charge is 0.270 e. The maximum absolute atomic E-state index is 13.1. The van der Waals surface area contributed by atoms with Crippen molar-refractivity contribution in [1.82, 2.24) is 0 Å². The molecule has 138 valence electrons. The number of rotatable bonds is 3. The third-order valence-electron chi connectivity index (χ3n) is 4.28. The van der Waals surface area contributed by atoms with Crippen molar-refractivity contribution >= 4 is 74.0 Å². The number of non-ortho nitro benzene ring substituents is 1. The number of nitro groups is 1. The van der Waals surface area contributed by atoms with Crippen LogP contribution >= 0.6 is 35.6 Å². The standard InChI is InChI=1S/C20H11ClN2O3S2/c21-16-9-8-14(23(25)26)10-13(16)11-18-19(24)22(20(27)28-18)17-7-3-5-12-4-1-2-6-15(12)17/h1-11H/b18-11+. The first-order valence-corrected chi connectivity index (χ1v) is 9.75. The zero-order valence-electron chi connectivity index (χ0n) is 14.2. The average Bonchev–Trinajstić information content (AvgIpc) is 2.96. The van der Waals surface area contributed by atoms with Crippen molar-refractivity contribution < 1.29 is 9.72 Å². The van der Waals surface area contributed by atoms with Crippen molar-refractivity contribution in [2.45, 2.75) is 0 Å². The van der Waals surface area contributed by atoms with Crippen molar-refractivity contribution in [1.29, 1.82) is 0 Å². The molecule has 0 saturated carbocycles. The normalized spacial score (nSPS) is 15.6. The molecule has 0 atom stereocenters. The summed E-state index contributed by atoms with van der Waals surface area (Å²) in [7, 11) is 0. The Hall–Kier alpha value is -2.74. The number of benzene rings is 3. The summed E-state index contributed by atoms with van der Waals surface area (Å²) in [6.45, 7) is 0. The molecular weight excluding hydrogens is 416 g/mol. The number of anilines is 1. The van der Waals surface area contributed by atoms with E-state index in [0.717, 1.165) is 22.5 Å². The van der Waals surface area contributed by atoms with Gasteiger partial charge < -0.3 is 0 Å². The van der Waals surface area contributed by atoms with Gasteiger partial charge in [-0.1, -0.05) is 72.0 Å². The van der Waals surface area contributed by atoms with Crippen molar-refractivity contribution in [2.24, 2.45) is 0 Å². The summed E-state index contributed by atoms with van der Waals surface area (Å²) in [6, 6.07) is 17.5. The lowest BCUT2D eigenvalue weighted by atomic mass is 10.1. The molecular formula is C20H11ClN2O3S2. The number of thioether (sulfide) groups is 1. The second kappa shape index (κ2) is 7.35. The lowest BCUT2D eigenvalue weighted by Gasteiger charge is -2.17. The van der Waals surface area contributed by atoms with Gasteiger partial charge in [-0.25, -0.2) is 0 Å². The number of carbonyl (C=O) groups is 1. The number of halogens is 1. The lowest BCUT2D eigenvalue weighted by molar-refractivity contribution is -0.384. The molecule has 1 aliphatic rings. The average molecular weight is 427 g/mol. The monoisotopic (exact) mass is 426 g/mol. The summed E-state index contributed by atoms with van der Waals surface area (Å²) < 4.78 is 0.397. The maximum Gasteiger partial charge on any atom is 0.270 e. The lowest BCUT2D eigenvalue weighted by Crippen LogP contribution is -2.27. The molecule has 4 rings (SSSR count). The molecule has 3 aromatic carbocycles. The van der Waals surface area contributed by atoms with Gasteiger partial charge in [-0.3, -0.25) is 19.8 Å². The van der Waals surface area contributed by atoms with Gasteiger partial charge in [-0.05, 0) is 23.6 Å². The highest BCUT2D eigenvalue weighted by molar-refractivity contribution is 8.27. The summed E-state index contributed by atoms with van der Waals surface area (Å²) >= 11 is 12.7. The Bertz CT molecular complexity index is 1190. The summed E-state index contributed by atoms with van der Waals surface area (Å²) in [5.41, 5.74) is 1.00. The highest BCUT2D eigenvalue weighted by Crippen LogP contribution is 2.39. The second-order valence-electron chi connectivity index (χ2n) is 5.98. The molecule has 1 aliphatic heterocycles. The maximum atomic E-state index is 13.1. The Morgan fingerprint density at radius 3 is 2.64 bits per heavy atom. The Balaban J connectivity index is 1.77. The number of amides is 1. The summed E-state index contributed by atoms with van der Waals surface area (Å²) in [5, 5.41) is 13.3. The van der Waals surface area contributed by atoms with E-state index in [2.05, 4.69) is 0 Å². The number of nitro benzene ring substituents is 1. The van der Waals surface area contributed by atoms with Crippen LogP contribution in [0.4, 0.5) is 11.4 Å². The fraction of sp³-hybridized carbons (Fsp3) is 0. The summed E-state index contributed by atoms with van der Waals surface area (Å²) in [4.78, 5) is 25.4. The number of thiocarbonyl (C=S) groups is 1. The number of hydrogen-bond donors (Lipinski definition) is 0. The van der Waals surface area contributed by atoms with E-state index in [-0.39, 0.29) is 11.6 Å². The third kappa shape index (κ3) is 3.28. The summed E-state index contributed by atoms with van der Waals surface area (Å²) in [5.74, 6) is -0.283. The van der Waals surface area contributed by atoms with Gasteiger partial charge >= 0.3 is 0 Å². The first-order valence-electron chi connectivity index (χ1n) is 8.15. The molecule has 0 unspecified atom stereocenters. The number of carbonyl (C=O) groups excluding carboxylic acids is 1. The molecule has 1 amide bonds. The van der Waals surface area contributed by atoms with Gasteiger partial charge in [0, 0.05) is 28.1 Å². The van der Waals surface area contributed by atoms with Crippen LogP contribution < -0.4 is 4.90 Å². The highest BCUT2D eigenvalue weighted by atomic mass is 35.5. The molecule has 8 heteroatoms. The molecule has 3 aromatic rings. The van der Waals surface area contributed by atoms with Crippen LogP contribution in [0, 0.1) is 10.1 Å². The molecule has 0 N–H and O–H groups in total. The first-order chi connectivity index (χ1) is 13.5. The van der Waals surface area contributed by atoms with Crippen LogP contribution in [0.25, 0.3) is 16.8 Å². The molecule has 1 heterocycles. The van der Waals surface area contributed by atoms with Crippen LogP contribution in [-0.4, -0.2) is 15.2 Å². The van der Waals surface area contributed by atoms with Crippen LogP contribution in [0.15, 0.2) is 65.6 Å². The Labute approximate surface area is 174 Å². The van der Waals surface area contributed by atoms with Gasteiger partial charge in [-0.2, -0.15) is 0 Å². The molecule has 0 bridgehead atoms. The Morgan fingerprint density at radius 1 is 1.11 bits per heavy atom. The van der Waals surface area contributed by atoms with E-state index in [0.29, 0.717) is 25.5 Å². The van der Waals surface area contributed by atoms with Crippen LogP contribution in [0.1, 0.15) is 5.56 Å². The van der Waals surface area contributed by atoms with Crippen LogP contribution in [0.3, 0.4) is 0 Å². The smallest absolute Gasteiger partial charge is 0.268 e. The molecule has 28 heavy (non-hydrogen) atoms. The fourth-order valence-electron chi connectivity index (χ4n) is 2.98. The predicted octanol–water partition coefficient (Wildman–Crippen LogP) is 5.81. The van der Waals surface area contributed by atoms with E-state index in [1.54, 1.807) is 6.08 Å². The topological polar surface area (TPSA) is 63.4 Å². The van der Waals surface area contributed by atoms with Gasteiger partial charge in [0.2, 0.25) is 0 Å². The van der Waals surface area contributed by atoms with Crippen molar-refractivity contribution in [3.05, 3.63) is 86.3 Å². The quantitative estimate of drug-likeness (QED) is 0.229. The molecule has 0 radical (unpaired) electrons. The van der Waals surface area contributed by atoms with E-state index in [1.807, 2.05) is 42.5 Å².